The Bertz CT molecular complexity index is 3320. The Hall–Kier alpha value is -5.62. The second-order valence-corrected chi connectivity index (χ2v) is 23.5. The molecule has 0 bridgehead atoms. The fourth-order valence-corrected chi connectivity index (χ4v) is 15.0. The van der Waals surface area contributed by atoms with Crippen molar-refractivity contribution in [1.82, 2.24) is 0 Å². The summed E-state index contributed by atoms with van der Waals surface area (Å²) in [5.74, 6) is -22.7. The van der Waals surface area contributed by atoms with E-state index in [1.807, 2.05) is 0 Å². The molecule has 0 aromatic heterocycles. The highest BCUT2D eigenvalue weighted by Gasteiger charge is 2.82. The smallest absolute Gasteiger partial charge is 0.380 e. The fourth-order valence-electron chi connectivity index (χ4n) is 10.9. The zero-order valence-electron chi connectivity index (χ0n) is 39.9. The number of carbonyl (C=O) groups excluding carboxylic acids is 2. The Labute approximate surface area is 433 Å². The summed E-state index contributed by atoms with van der Waals surface area (Å²) in [6.07, 6.45) is -25.2. The van der Waals surface area contributed by atoms with Crippen LogP contribution >= 0.6 is 0 Å². The van der Waals surface area contributed by atoms with Gasteiger partial charge in [0.05, 0.1) is 31.1 Å². The molecule has 2 saturated carbocycles. The van der Waals surface area contributed by atoms with Crippen molar-refractivity contribution >= 4 is 37.2 Å². The van der Waals surface area contributed by atoms with Gasteiger partial charge in [-0.25, -0.2) is 26.4 Å². The van der Waals surface area contributed by atoms with Crippen LogP contribution in [0.2, 0.25) is 0 Å². The number of fused-ring (bicyclic) bond motifs is 2. The average molecular weight is 1130 g/mol. The zero-order chi connectivity index (χ0) is 56.5. The maximum absolute atomic E-state index is 16.7. The van der Waals surface area contributed by atoms with Gasteiger partial charge in [0, 0.05) is 28.2 Å². The number of alkyl halides is 6. The van der Waals surface area contributed by atoms with E-state index in [2.05, 4.69) is 0 Å². The van der Waals surface area contributed by atoms with Crippen molar-refractivity contribution in [2.75, 3.05) is 0 Å². The van der Waals surface area contributed by atoms with Crippen LogP contribution in [0.3, 0.4) is 0 Å². The van der Waals surface area contributed by atoms with E-state index in [1.54, 1.807) is 0 Å². The fraction of sp³-hybridized carbons (Fsp3) is 0.412. The van der Waals surface area contributed by atoms with Gasteiger partial charge in [-0.3, -0.25) is 0 Å². The molecular weight excluding hydrogens is 1080 g/mol. The summed E-state index contributed by atoms with van der Waals surface area (Å²) < 4.78 is 167. The molecule has 4 aromatic carbocycles. The number of aliphatic hydroxyl groups excluding tert-OH is 10. The van der Waals surface area contributed by atoms with Gasteiger partial charge in [-0.05, 0) is 77.1 Å². The van der Waals surface area contributed by atoms with Crippen LogP contribution in [-0.4, -0.2) is 176 Å². The average Bonchev–Trinajstić information content (AvgIpc) is 4.07. The van der Waals surface area contributed by atoms with E-state index in [4.69, 9.17) is 9.47 Å². The quantitative estimate of drug-likeness (QED) is 0.0804. The van der Waals surface area contributed by atoms with E-state index in [1.165, 1.54) is 37.3 Å². The van der Waals surface area contributed by atoms with E-state index in [0.717, 1.165) is 61.5 Å². The molecule has 0 spiro atoms. The van der Waals surface area contributed by atoms with E-state index in [-0.39, 0.29) is 33.4 Å². The summed E-state index contributed by atoms with van der Waals surface area (Å²) in [6.45, 7) is 2.36. The lowest BCUT2D eigenvalue weighted by atomic mass is 9.80. The number of aliphatic hydroxyl groups is 10. The summed E-state index contributed by atoms with van der Waals surface area (Å²) in [7, 11) is -9.83. The minimum Gasteiger partial charge on any atom is -0.453 e. The Morgan fingerprint density at radius 3 is 1.32 bits per heavy atom. The zero-order valence-corrected chi connectivity index (χ0v) is 41.5. The summed E-state index contributed by atoms with van der Waals surface area (Å²) >= 11 is 0. The lowest BCUT2D eigenvalue weighted by Gasteiger charge is -2.41. The van der Waals surface area contributed by atoms with Crippen molar-refractivity contribution in [2.24, 2.45) is 0 Å². The summed E-state index contributed by atoms with van der Waals surface area (Å²) in [6, 6.07) is 15.7. The molecule has 0 radical (unpaired) electrons. The van der Waals surface area contributed by atoms with Crippen molar-refractivity contribution in [2.45, 2.75) is 139 Å². The Balaban J connectivity index is 1.07. The molecule has 3 aliphatic carbocycles. The van der Waals surface area contributed by atoms with Gasteiger partial charge in [-0.1, -0.05) is 62.4 Å². The van der Waals surface area contributed by atoms with Gasteiger partial charge in [-0.2, -0.15) is 26.3 Å². The number of benzene rings is 4. The van der Waals surface area contributed by atoms with Gasteiger partial charge in [-0.15, -0.1) is 0 Å². The topological polar surface area (TPSA) is 323 Å². The second-order valence-electron chi connectivity index (χ2n) is 19.4. The van der Waals surface area contributed by atoms with E-state index in [0.29, 0.717) is 0 Å². The monoisotopic (exact) mass is 1130 g/mol. The van der Waals surface area contributed by atoms with E-state index in [9.17, 15) is 77.5 Å². The van der Waals surface area contributed by atoms with Crippen molar-refractivity contribution in [1.29, 1.82) is 0 Å². The molecule has 0 saturated heterocycles. The predicted molar refractivity (Wildman–Crippen MR) is 253 cm³/mol. The van der Waals surface area contributed by atoms with Gasteiger partial charge in [0.1, 0.15) is 61.0 Å². The lowest BCUT2D eigenvalue weighted by Crippen LogP contribution is -2.64. The molecule has 77 heavy (non-hydrogen) atoms. The molecule has 2 aliphatic heterocycles. The van der Waals surface area contributed by atoms with Crippen molar-refractivity contribution in [3.63, 3.8) is 0 Å². The summed E-state index contributed by atoms with van der Waals surface area (Å²) in [4.78, 5) is 23.6. The molecular formula is C51H48F6O18S2. The van der Waals surface area contributed by atoms with E-state index < -0.39 is 189 Å². The van der Waals surface area contributed by atoms with Crippen LogP contribution in [-0.2, 0) is 29.1 Å². The van der Waals surface area contributed by atoms with Gasteiger partial charge < -0.3 is 60.5 Å². The number of esters is 2. The van der Waals surface area contributed by atoms with Crippen molar-refractivity contribution in [3.8, 4) is 22.3 Å². The first-order chi connectivity index (χ1) is 35.9. The predicted octanol–water partition coefficient (Wildman–Crippen LogP) is 2.18. The molecule has 18 nitrogen and oxygen atoms in total. The molecule has 14 atom stereocenters. The molecule has 414 valence electrons. The first-order valence-corrected chi connectivity index (χ1v) is 26.8. The van der Waals surface area contributed by atoms with Crippen LogP contribution in [0.25, 0.3) is 27.8 Å². The number of halogens is 6. The highest BCUT2D eigenvalue weighted by molar-refractivity contribution is 7.96. The second kappa shape index (κ2) is 19.3. The maximum Gasteiger partial charge on any atom is 0.380 e. The number of hydrogen-bond donors (Lipinski definition) is 10. The van der Waals surface area contributed by atoms with Crippen LogP contribution in [0, 0.1) is 0 Å². The number of sulfone groups is 2. The standard InChI is InChI=1S/C51H48F6O18S2/c1-3-27-31(25-15-13-23(17-29(25)76(27,70)71)19-5-9-21(10-6-19)47(68)74-45-41(64)37(60)35(58)38(61)42(45)65)33-34(50(54,55)51(56,57)49(33,52)53)32-26-16-14-24(18-30(26)77(72,73)28(32)4-2)20-7-11-22(12-8-20)48(69)75-46-43(66)39(62)36(59)40(63)44(46)67/h5-18,27,31,35-46,58-67H,3-4H2,1-2H3/t27?,31?,35-,36-,37-,38+,39-,40+,41+,42-,43+,44-,45+,46-. The van der Waals surface area contributed by atoms with Crippen LogP contribution in [0.5, 0.6) is 0 Å². The highest BCUT2D eigenvalue weighted by atomic mass is 32.2. The molecule has 2 fully saturated rings. The molecule has 0 amide bonds. The first kappa shape index (κ1) is 56.1. The Kier molecular flexibility index (Phi) is 14.1. The van der Waals surface area contributed by atoms with Gasteiger partial charge in [0.15, 0.2) is 22.0 Å². The number of hydrogen-bond acceptors (Lipinski definition) is 18. The molecule has 5 aliphatic rings. The van der Waals surface area contributed by atoms with Crippen LogP contribution < -0.4 is 0 Å². The highest BCUT2D eigenvalue weighted by Crippen LogP contribution is 2.68. The lowest BCUT2D eigenvalue weighted by molar-refractivity contribution is -0.264. The largest absolute Gasteiger partial charge is 0.453 e. The van der Waals surface area contributed by atoms with Gasteiger partial charge in [0.2, 0.25) is 9.84 Å². The molecule has 4 aromatic rings. The van der Waals surface area contributed by atoms with E-state index >= 15 is 26.3 Å². The first-order valence-electron chi connectivity index (χ1n) is 23.7. The normalized spacial score (nSPS) is 33.4. The number of ether oxygens (including phenoxy) is 2. The molecule has 9 rings (SSSR count). The van der Waals surface area contributed by atoms with Crippen molar-refractivity contribution in [3.05, 3.63) is 123 Å². The molecule has 26 heteroatoms. The molecule has 10 N–H and O–H groups in total. The van der Waals surface area contributed by atoms with Crippen LogP contribution in [0.1, 0.15) is 64.4 Å². The summed E-state index contributed by atoms with van der Waals surface area (Å²) in [5, 5.41) is 98.8. The Morgan fingerprint density at radius 2 is 0.909 bits per heavy atom. The minimum atomic E-state index is -6.25. The van der Waals surface area contributed by atoms with Gasteiger partial charge >= 0.3 is 29.7 Å². The van der Waals surface area contributed by atoms with Crippen molar-refractivity contribution < 1.29 is 113 Å². The van der Waals surface area contributed by atoms with Crippen LogP contribution in [0.15, 0.2) is 111 Å². The minimum absolute atomic E-state index is 0.0136. The number of rotatable bonds is 10. The third-order valence-corrected chi connectivity index (χ3v) is 19.5. The number of allylic oxidation sites excluding steroid dienone is 4. The third-order valence-electron chi connectivity index (χ3n) is 15.1. The SMILES string of the molecule is CCC1=C(C2=C(C3c4ccc(-c5ccc(C(=O)O[C@@H]6[C@H](O)[C@@H](O)[C@H](O)[C@@H](O)[C@@H]6O)cc5)cc4S(=O)(=O)C3CC)C(F)(F)C(F)(F)C2(F)F)c2ccc(-c3ccc(C(=O)O[C@H]4[C@H](O)[C@@H](O)[C@H](O)[C@@H](O)[C@@H]4O)cc3)cc2S1(=O)=O. The van der Waals surface area contributed by atoms with Gasteiger partial charge in [0.25, 0.3) is 0 Å². The maximum atomic E-state index is 16.7. The van der Waals surface area contributed by atoms with Crippen LogP contribution in [0.4, 0.5) is 26.3 Å². The summed E-state index contributed by atoms with van der Waals surface area (Å²) in [5.41, 5.74) is -6.68. The third kappa shape index (κ3) is 8.36. The Morgan fingerprint density at radius 1 is 0.519 bits per heavy atom. The molecule has 2 heterocycles. The molecule has 2 unspecified atom stereocenters. The number of carbonyl (C=O) groups is 2.